The highest BCUT2D eigenvalue weighted by atomic mass is 19.1. The highest BCUT2D eigenvalue weighted by Gasteiger charge is 2.31. The summed E-state index contributed by atoms with van der Waals surface area (Å²) in [5, 5.41) is 0. The zero-order valence-corrected chi connectivity index (χ0v) is 18.4. The number of benzene rings is 3. The van der Waals surface area contributed by atoms with Gasteiger partial charge in [0, 0.05) is 6.54 Å². The number of morpholine rings is 1. The molecule has 0 aliphatic carbocycles. The molecule has 1 aliphatic heterocycles. The summed E-state index contributed by atoms with van der Waals surface area (Å²) in [5.41, 5.74) is 2.06. The Labute approximate surface area is 192 Å². The van der Waals surface area contributed by atoms with Gasteiger partial charge in [0.1, 0.15) is 24.3 Å². The third-order valence-electron chi connectivity index (χ3n) is 5.71. The molecule has 0 saturated carbocycles. The van der Waals surface area contributed by atoms with E-state index in [2.05, 4.69) is 0 Å². The molecule has 0 bridgehead atoms. The first kappa shape index (κ1) is 22.7. The molecule has 1 amide bonds. The van der Waals surface area contributed by atoms with Crippen molar-refractivity contribution < 1.29 is 23.5 Å². The van der Waals surface area contributed by atoms with Gasteiger partial charge in [-0.3, -0.25) is 9.59 Å². The molecule has 1 heterocycles. The van der Waals surface area contributed by atoms with Crippen molar-refractivity contribution in [3.05, 3.63) is 101 Å². The summed E-state index contributed by atoms with van der Waals surface area (Å²) >= 11 is 0. The van der Waals surface area contributed by atoms with Gasteiger partial charge in [0.15, 0.2) is 5.78 Å². The summed E-state index contributed by atoms with van der Waals surface area (Å²) in [6.45, 7) is 2.76. The van der Waals surface area contributed by atoms with Crippen molar-refractivity contribution in [1.82, 2.24) is 4.90 Å². The van der Waals surface area contributed by atoms with Crippen LogP contribution in [0.5, 0.6) is 5.75 Å². The maximum Gasteiger partial charge on any atom is 0.234 e. The number of hydrogen-bond acceptors (Lipinski definition) is 4. The van der Waals surface area contributed by atoms with Crippen LogP contribution in [0.25, 0.3) is 0 Å². The first-order chi connectivity index (χ1) is 16.0. The largest absolute Gasteiger partial charge is 0.490 e. The van der Waals surface area contributed by atoms with Crippen molar-refractivity contribution in [3.63, 3.8) is 0 Å². The van der Waals surface area contributed by atoms with Crippen molar-refractivity contribution >= 4 is 11.7 Å². The van der Waals surface area contributed by atoms with E-state index in [1.54, 1.807) is 4.90 Å². The molecule has 4 rings (SSSR count). The molecule has 1 atom stereocenters. The lowest BCUT2D eigenvalue weighted by atomic mass is 9.90. The molecule has 3 aromatic carbocycles. The van der Waals surface area contributed by atoms with Crippen molar-refractivity contribution in [1.29, 1.82) is 0 Å². The van der Waals surface area contributed by atoms with Crippen LogP contribution in [-0.2, 0) is 9.53 Å². The number of ether oxygens (including phenoxy) is 2. The first-order valence-electron chi connectivity index (χ1n) is 11.0. The third-order valence-corrected chi connectivity index (χ3v) is 5.71. The van der Waals surface area contributed by atoms with E-state index in [9.17, 15) is 14.0 Å². The molecular formula is C27H26FNO4. The number of carbonyl (C=O) groups is 2. The number of nitrogens with zero attached hydrogens (tertiary/aromatic N) is 1. The van der Waals surface area contributed by atoms with Crippen LogP contribution in [0.3, 0.4) is 0 Å². The Morgan fingerprint density at radius 1 is 1.03 bits per heavy atom. The Morgan fingerprint density at radius 3 is 2.27 bits per heavy atom. The second-order valence-electron chi connectivity index (χ2n) is 8.04. The summed E-state index contributed by atoms with van der Waals surface area (Å²) in [7, 11) is 0. The molecule has 0 N–H and O–H groups in total. The maximum atomic E-state index is 13.6. The molecule has 1 aliphatic rings. The predicted molar refractivity (Wildman–Crippen MR) is 123 cm³/mol. The van der Waals surface area contributed by atoms with Gasteiger partial charge in [0.2, 0.25) is 5.91 Å². The molecule has 0 spiro atoms. The predicted octanol–water partition coefficient (Wildman–Crippen LogP) is 4.47. The highest BCUT2D eigenvalue weighted by Crippen LogP contribution is 2.28. The van der Waals surface area contributed by atoms with Crippen LogP contribution in [-0.4, -0.2) is 49.0 Å². The summed E-state index contributed by atoms with van der Waals surface area (Å²) in [6.07, 6.45) is -0.361. The van der Waals surface area contributed by atoms with Gasteiger partial charge in [-0.2, -0.15) is 0 Å². The highest BCUT2D eigenvalue weighted by molar-refractivity contribution is 5.96. The molecular weight excluding hydrogens is 421 g/mol. The van der Waals surface area contributed by atoms with Crippen LogP contribution in [0.1, 0.15) is 34.3 Å². The van der Waals surface area contributed by atoms with Crippen molar-refractivity contribution in [2.75, 3.05) is 26.3 Å². The molecule has 1 fully saturated rings. The fraction of sp³-hybridized carbons (Fsp3) is 0.259. The Hall–Kier alpha value is -3.51. The van der Waals surface area contributed by atoms with Crippen LogP contribution < -0.4 is 4.74 Å². The molecule has 170 valence electrons. The lowest BCUT2D eigenvalue weighted by Crippen LogP contribution is -2.49. The van der Waals surface area contributed by atoms with Crippen molar-refractivity contribution in [3.8, 4) is 5.75 Å². The fourth-order valence-electron chi connectivity index (χ4n) is 4.06. The Morgan fingerprint density at radius 2 is 1.67 bits per heavy atom. The van der Waals surface area contributed by atoms with Crippen LogP contribution in [0.4, 0.5) is 4.39 Å². The number of halogens is 1. The smallest absolute Gasteiger partial charge is 0.234 e. The van der Waals surface area contributed by atoms with Crippen molar-refractivity contribution in [2.45, 2.75) is 18.9 Å². The second kappa shape index (κ2) is 10.4. The molecule has 3 aromatic rings. The van der Waals surface area contributed by atoms with Gasteiger partial charge in [-0.25, -0.2) is 4.39 Å². The lowest BCUT2D eigenvalue weighted by Gasteiger charge is -2.35. The van der Waals surface area contributed by atoms with E-state index in [4.69, 9.17) is 9.47 Å². The van der Waals surface area contributed by atoms with Gasteiger partial charge in [0.05, 0.1) is 24.6 Å². The second-order valence-corrected chi connectivity index (χ2v) is 8.04. The SMILES string of the molecule is CC(=O)c1cc(F)ccc1OCC1CN(C(=O)C(c2ccccc2)c2ccccc2)CCO1. The minimum absolute atomic E-state index is 0.00640. The van der Waals surface area contributed by atoms with Gasteiger partial charge in [-0.1, -0.05) is 60.7 Å². The first-order valence-corrected chi connectivity index (χ1v) is 11.0. The molecule has 1 saturated heterocycles. The fourth-order valence-corrected chi connectivity index (χ4v) is 4.06. The summed E-state index contributed by atoms with van der Waals surface area (Å²) in [6, 6.07) is 23.3. The lowest BCUT2D eigenvalue weighted by molar-refractivity contribution is -0.140. The summed E-state index contributed by atoms with van der Waals surface area (Å²) < 4.78 is 25.1. The van der Waals surface area contributed by atoms with Gasteiger partial charge in [-0.15, -0.1) is 0 Å². The van der Waals surface area contributed by atoms with E-state index < -0.39 is 11.7 Å². The zero-order valence-electron chi connectivity index (χ0n) is 18.4. The van der Waals surface area contributed by atoms with Gasteiger partial charge in [0.25, 0.3) is 0 Å². The van der Waals surface area contributed by atoms with E-state index in [1.165, 1.54) is 25.1 Å². The zero-order chi connectivity index (χ0) is 23.2. The van der Waals surface area contributed by atoms with Gasteiger partial charge >= 0.3 is 0 Å². The summed E-state index contributed by atoms with van der Waals surface area (Å²) in [4.78, 5) is 27.3. The molecule has 0 radical (unpaired) electrons. The molecule has 6 heteroatoms. The average Bonchev–Trinajstić information content (AvgIpc) is 2.85. The van der Waals surface area contributed by atoms with Crippen LogP contribution >= 0.6 is 0 Å². The monoisotopic (exact) mass is 447 g/mol. The minimum atomic E-state index is -0.494. The third kappa shape index (κ3) is 5.46. The van der Waals surface area contributed by atoms with Crippen molar-refractivity contribution in [2.24, 2.45) is 0 Å². The molecule has 1 unspecified atom stereocenters. The van der Waals surface area contributed by atoms with E-state index in [0.29, 0.717) is 25.4 Å². The standard InChI is InChI=1S/C27H26FNO4/c1-19(30)24-16-22(28)12-13-25(24)33-18-23-17-29(14-15-32-23)27(31)26(20-8-4-2-5-9-20)21-10-6-3-7-11-21/h2-13,16,23,26H,14-15,17-18H2,1H3. The number of hydrogen-bond donors (Lipinski definition) is 0. The van der Waals surface area contributed by atoms with Crippen LogP contribution in [0.2, 0.25) is 0 Å². The van der Waals surface area contributed by atoms with E-state index in [0.717, 1.165) is 11.1 Å². The molecule has 0 aromatic heterocycles. The van der Waals surface area contributed by atoms with E-state index in [1.807, 2.05) is 60.7 Å². The van der Waals surface area contributed by atoms with Gasteiger partial charge in [-0.05, 0) is 36.2 Å². The average molecular weight is 448 g/mol. The Bertz CT molecular complexity index is 1060. The molecule has 33 heavy (non-hydrogen) atoms. The number of ketones is 1. The number of Topliss-reactive ketones (excluding diaryl/α,β-unsaturated/α-hetero) is 1. The quantitative estimate of drug-likeness (QED) is 0.502. The minimum Gasteiger partial charge on any atom is -0.490 e. The van der Waals surface area contributed by atoms with E-state index >= 15 is 0 Å². The number of rotatable bonds is 7. The van der Waals surface area contributed by atoms with E-state index in [-0.39, 0.29) is 30.0 Å². The number of carbonyl (C=O) groups excluding carboxylic acids is 2. The Balaban J connectivity index is 1.48. The Kier molecular flexibility index (Phi) is 7.15. The number of amides is 1. The van der Waals surface area contributed by atoms with Crippen LogP contribution in [0, 0.1) is 5.82 Å². The maximum absolute atomic E-state index is 13.6. The van der Waals surface area contributed by atoms with Gasteiger partial charge < -0.3 is 14.4 Å². The normalized spacial score (nSPS) is 16.0. The topological polar surface area (TPSA) is 55.8 Å². The summed E-state index contributed by atoms with van der Waals surface area (Å²) in [5.74, 6) is -0.867. The molecule has 5 nitrogen and oxygen atoms in total. The van der Waals surface area contributed by atoms with Crippen LogP contribution in [0.15, 0.2) is 78.9 Å².